The molecule has 0 unspecified atom stereocenters. The van der Waals surface area contributed by atoms with Crippen molar-refractivity contribution in [2.75, 3.05) is 31.4 Å². The van der Waals surface area contributed by atoms with Crippen LogP contribution in [0.15, 0.2) is 17.2 Å². The van der Waals surface area contributed by atoms with E-state index in [9.17, 15) is 4.79 Å². The highest BCUT2D eigenvalue weighted by Crippen LogP contribution is 2.36. The number of rotatable bonds is 3. The van der Waals surface area contributed by atoms with Crippen molar-refractivity contribution in [3.8, 4) is 0 Å². The van der Waals surface area contributed by atoms with Gasteiger partial charge in [0.1, 0.15) is 0 Å². The zero-order valence-electron chi connectivity index (χ0n) is 10.5. The van der Waals surface area contributed by atoms with Gasteiger partial charge in [0.15, 0.2) is 5.71 Å². The van der Waals surface area contributed by atoms with E-state index in [0.717, 1.165) is 0 Å². The Morgan fingerprint density at radius 1 is 1.26 bits per heavy atom. The second-order valence-corrected chi connectivity index (χ2v) is 5.42. The molecule has 0 spiro atoms. The number of amides is 1. The van der Waals surface area contributed by atoms with Crippen LogP contribution in [-0.4, -0.2) is 43.1 Å². The quantitative estimate of drug-likeness (QED) is 0.634. The monoisotopic (exact) mass is 319 g/mol. The molecule has 102 valence electrons. The van der Waals surface area contributed by atoms with Gasteiger partial charge in [-0.3, -0.25) is 4.79 Å². The second-order valence-electron chi connectivity index (χ2n) is 4.23. The largest absolute Gasteiger partial charge is 0.305 e. The summed E-state index contributed by atoms with van der Waals surface area (Å²) in [6, 6.07) is 3.33. The van der Waals surface area contributed by atoms with Crippen molar-refractivity contribution in [1.82, 2.24) is 5.01 Å². The fourth-order valence-corrected chi connectivity index (χ4v) is 2.40. The molecule has 4 nitrogen and oxygen atoms in total. The third-order valence-corrected chi connectivity index (χ3v) is 3.53. The van der Waals surface area contributed by atoms with E-state index in [0.29, 0.717) is 39.4 Å². The summed E-state index contributed by atoms with van der Waals surface area (Å²) in [6.45, 7) is 0.401. The predicted octanol–water partition coefficient (Wildman–Crippen LogP) is 2.84. The summed E-state index contributed by atoms with van der Waals surface area (Å²) in [5.74, 6) is 0.142. The highest BCUT2D eigenvalue weighted by atomic mass is 35.5. The fourth-order valence-electron chi connectivity index (χ4n) is 1.90. The van der Waals surface area contributed by atoms with E-state index in [4.69, 9.17) is 34.8 Å². The summed E-state index contributed by atoms with van der Waals surface area (Å²) >= 11 is 17.8. The lowest BCUT2D eigenvalue weighted by molar-refractivity contribution is -0.112. The number of halogens is 3. The smallest absolute Gasteiger partial charge is 0.279 e. The standard InChI is InChI=1S/C12H12Cl3N3O/c1-17(2)16-11-7-5-8(14)9(15)6-10(7)18(4-3-13)12(11)19/h5-6H,3-4H2,1-2H3/b16-11-. The fraction of sp³-hybridized carbons (Fsp3) is 0.333. The molecule has 0 fully saturated rings. The molecule has 2 rings (SSSR count). The Balaban J connectivity index is 2.60. The van der Waals surface area contributed by atoms with E-state index in [1.165, 1.54) is 0 Å². The SMILES string of the molecule is CN(C)/N=C1\C(=O)N(CCCl)c2cc(Cl)c(Cl)cc21. The zero-order valence-corrected chi connectivity index (χ0v) is 12.7. The molecule has 0 radical (unpaired) electrons. The molecule has 0 saturated carbocycles. The van der Waals surface area contributed by atoms with Crippen LogP contribution in [0.1, 0.15) is 5.56 Å². The van der Waals surface area contributed by atoms with Crippen molar-refractivity contribution >= 4 is 52.1 Å². The number of benzene rings is 1. The normalized spacial score (nSPS) is 16.2. The molecular formula is C12H12Cl3N3O. The number of hydrogen-bond donors (Lipinski definition) is 0. The van der Waals surface area contributed by atoms with Crippen LogP contribution in [-0.2, 0) is 4.79 Å². The van der Waals surface area contributed by atoms with E-state index >= 15 is 0 Å². The summed E-state index contributed by atoms with van der Waals surface area (Å²) < 4.78 is 0. The minimum Gasteiger partial charge on any atom is -0.305 e. The summed E-state index contributed by atoms with van der Waals surface area (Å²) in [6.07, 6.45) is 0. The van der Waals surface area contributed by atoms with Gasteiger partial charge in [-0.15, -0.1) is 11.6 Å². The van der Waals surface area contributed by atoms with E-state index in [-0.39, 0.29) is 5.91 Å². The molecule has 0 aromatic heterocycles. The average Bonchev–Trinajstić information content (AvgIpc) is 2.56. The first-order valence-corrected chi connectivity index (χ1v) is 6.88. The number of nitrogens with zero attached hydrogens (tertiary/aromatic N) is 3. The minimum absolute atomic E-state index is 0.192. The molecule has 1 aliphatic heterocycles. The summed E-state index contributed by atoms with van der Waals surface area (Å²) in [4.78, 5) is 13.9. The van der Waals surface area contributed by atoms with Crippen molar-refractivity contribution in [3.63, 3.8) is 0 Å². The van der Waals surface area contributed by atoms with Crippen LogP contribution >= 0.6 is 34.8 Å². The van der Waals surface area contributed by atoms with Gasteiger partial charge in [-0.05, 0) is 12.1 Å². The van der Waals surface area contributed by atoms with Gasteiger partial charge in [0.05, 0.1) is 15.7 Å². The highest BCUT2D eigenvalue weighted by molar-refractivity contribution is 6.55. The Hall–Kier alpha value is -0.970. The Morgan fingerprint density at radius 2 is 1.89 bits per heavy atom. The Morgan fingerprint density at radius 3 is 2.47 bits per heavy atom. The number of carbonyl (C=O) groups is 1. The molecular weight excluding hydrogens is 309 g/mol. The highest BCUT2D eigenvalue weighted by Gasteiger charge is 2.34. The Bertz CT molecular complexity index is 557. The molecule has 1 aromatic rings. The number of carbonyl (C=O) groups excluding carboxylic acids is 1. The molecule has 1 aromatic carbocycles. The van der Waals surface area contributed by atoms with E-state index in [2.05, 4.69) is 5.10 Å². The molecule has 0 N–H and O–H groups in total. The van der Waals surface area contributed by atoms with Crippen LogP contribution in [0.2, 0.25) is 10.0 Å². The molecule has 0 bridgehead atoms. The topological polar surface area (TPSA) is 35.9 Å². The molecule has 0 atom stereocenters. The number of anilines is 1. The van der Waals surface area contributed by atoms with Crippen molar-refractivity contribution in [3.05, 3.63) is 27.7 Å². The lowest BCUT2D eigenvalue weighted by atomic mass is 10.1. The maximum Gasteiger partial charge on any atom is 0.279 e. The summed E-state index contributed by atoms with van der Waals surface area (Å²) in [5, 5.41) is 6.59. The first-order valence-electron chi connectivity index (χ1n) is 5.59. The van der Waals surface area contributed by atoms with Gasteiger partial charge >= 0.3 is 0 Å². The molecule has 0 aliphatic carbocycles. The maximum atomic E-state index is 12.3. The first kappa shape index (κ1) is 14.4. The molecule has 1 amide bonds. The van der Waals surface area contributed by atoms with E-state index in [1.807, 2.05) is 0 Å². The van der Waals surface area contributed by atoms with Crippen LogP contribution < -0.4 is 4.90 Å². The lowest BCUT2D eigenvalue weighted by Crippen LogP contribution is -2.32. The number of hydrazone groups is 1. The zero-order chi connectivity index (χ0) is 14.2. The lowest BCUT2D eigenvalue weighted by Gasteiger charge is -2.15. The predicted molar refractivity (Wildman–Crippen MR) is 79.8 cm³/mol. The van der Waals surface area contributed by atoms with Gasteiger partial charge in [0.2, 0.25) is 0 Å². The Kier molecular flexibility index (Phi) is 4.23. The van der Waals surface area contributed by atoms with Crippen LogP contribution in [0.5, 0.6) is 0 Å². The van der Waals surface area contributed by atoms with Crippen LogP contribution in [0, 0.1) is 0 Å². The van der Waals surface area contributed by atoms with Crippen LogP contribution in [0.3, 0.4) is 0 Å². The number of alkyl halides is 1. The third kappa shape index (κ3) is 2.66. The van der Waals surface area contributed by atoms with Crippen LogP contribution in [0.25, 0.3) is 0 Å². The molecule has 0 saturated heterocycles. The molecule has 19 heavy (non-hydrogen) atoms. The summed E-state index contributed by atoms with van der Waals surface area (Å²) in [5.41, 5.74) is 1.72. The van der Waals surface area contributed by atoms with E-state index in [1.54, 1.807) is 36.1 Å². The second kappa shape index (κ2) is 5.57. The van der Waals surface area contributed by atoms with Crippen LogP contribution in [0.4, 0.5) is 5.69 Å². The Labute approximate surface area is 126 Å². The minimum atomic E-state index is -0.192. The third-order valence-electron chi connectivity index (χ3n) is 2.64. The van der Waals surface area contributed by atoms with Gasteiger partial charge in [0.25, 0.3) is 5.91 Å². The van der Waals surface area contributed by atoms with Crippen molar-refractivity contribution in [2.45, 2.75) is 0 Å². The average molecular weight is 321 g/mol. The first-order chi connectivity index (χ1) is 8.95. The maximum absolute atomic E-state index is 12.3. The van der Waals surface area contributed by atoms with Gasteiger partial charge in [0, 0.05) is 32.1 Å². The molecule has 1 aliphatic rings. The number of hydrogen-bond acceptors (Lipinski definition) is 3. The van der Waals surface area contributed by atoms with E-state index < -0.39 is 0 Å². The van der Waals surface area contributed by atoms with Gasteiger partial charge in [-0.2, -0.15) is 5.10 Å². The van der Waals surface area contributed by atoms with Gasteiger partial charge in [-0.1, -0.05) is 23.2 Å². The molecule has 1 heterocycles. The van der Waals surface area contributed by atoms with Gasteiger partial charge < -0.3 is 9.91 Å². The van der Waals surface area contributed by atoms with Crippen molar-refractivity contribution in [1.29, 1.82) is 0 Å². The van der Waals surface area contributed by atoms with Crippen molar-refractivity contribution < 1.29 is 4.79 Å². The summed E-state index contributed by atoms with van der Waals surface area (Å²) in [7, 11) is 3.50. The number of fused-ring (bicyclic) bond motifs is 1. The molecule has 7 heteroatoms. The van der Waals surface area contributed by atoms with Crippen molar-refractivity contribution in [2.24, 2.45) is 5.10 Å². The van der Waals surface area contributed by atoms with Gasteiger partial charge in [-0.25, -0.2) is 0 Å².